The number of ether oxygens (including phenoxy) is 2. The van der Waals surface area contributed by atoms with E-state index in [1.54, 1.807) is 0 Å². The molecule has 0 aromatic heterocycles. The SMILES string of the molecule is CCCCC[C@@](C)(OCCC)C(=O)Nc1ccc(OCCCN2CCC(C)CC2)cc1. The second-order valence-corrected chi connectivity index (χ2v) is 9.24. The number of hydrogen-bond acceptors (Lipinski definition) is 4. The highest BCUT2D eigenvalue weighted by Gasteiger charge is 2.33. The second kappa shape index (κ2) is 13.7. The molecule has 0 aliphatic carbocycles. The Morgan fingerprint density at radius 3 is 2.42 bits per heavy atom. The van der Waals surface area contributed by atoms with Crippen molar-refractivity contribution in [3.8, 4) is 5.75 Å². The zero-order chi connectivity index (χ0) is 22.5. The molecule has 0 radical (unpaired) electrons. The van der Waals surface area contributed by atoms with Gasteiger partial charge in [-0.2, -0.15) is 0 Å². The summed E-state index contributed by atoms with van der Waals surface area (Å²) in [6.45, 7) is 13.3. The van der Waals surface area contributed by atoms with E-state index in [0.717, 1.165) is 69.0 Å². The van der Waals surface area contributed by atoms with Crippen molar-refractivity contribution >= 4 is 11.6 Å². The summed E-state index contributed by atoms with van der Waals surface area (Å²) in [5, 5.41) is 3.03. The molecule has 1 aromatic rings. The van der Waals surface area contributed by atoms with Crippen molar-refractivity contribution in [3.63, 3.8) is 0 Å². The molecule has 1 aliphatic heterocycles. The van der Waals surface area contributed by atoms with Crippen LogP contribution < -0.4 is 10.1 Å². The maximum Gasteiger partial charge on any atom is 0.256 e. The Kier molecular flexibility index (Phi) is 11.4. The lowest BCUT2D eigenvalue weighted by molar-refractivity contribution is -0.140. The molecule has 1 atom stereocenters. The number of hydrogen-bond donors (Lipinski definition) is 1. The predicted molar refractivity (Wildman–Crippen MR) is 129 cm³/mol. The molecular weight excluding hydrogens is 388 g/mol. The number of unbranched alkanes of at least 4 members (excludes halogenated alkanes) is 2. The van der Waals surface area contributed by atoms with Crippen LogP contribution in [-0.2, 0) is 9.53 Å². The minimum absolute atomic E-state index is 0.0680. The van der Waals surface area contributed by atoms with Crippen molar-refractivity contribution in [2.45, 2.75) is 84.7 Å². The van der Waals surface area contributed by atoms with Gasteiger partial charge in [-0.25, -0.2) is 0 Å². The van der Waals surface area contributed by atoms with E-state index in [9.17, 15) is 4.79 Å². The van der Waals surface area contributed by atoms with Crippen LogP contribution in [-0.4, -0.2) is 49.3 Å². The molecule has 31 heavy (non-hydrogen) atoms. The molecule has 1 saturated heterocycles. The van der Waals surface area contributed by atoms with E-state index in [4.69, 9.17) is 9.47 Å². The van der Waals surface area contributed by atoms with Crippen LogP contribution in [0.15, 0.2) is 24.3 Å². The molecule has 2 rings (SSSR count). The van der Waals surface area contributed by atoms with Gasteiger partial charge in [0.1, 0.15) is 11.4 Å². The number of benzene rings is 1. The molecule has 5 heteroatoms. The van der Waals surface area contributed by atoms with Crippen molar-refractivity contribution in [2.24, 2.45) is 5.92 Å². The summed E-state index contributed by atoms with van der Waals surface area (Å²) < 4.78 is 11.9. The summed E-state index contributed by atoms with van der Waals surface area (Å²) in [6.07, 6.45) is 8.55. The Bertz CT molecular complexity index is 626. The molecule has 176 valence electrons. The molecule has 5 nitrogen and oxygen atoms in total. The van der Waals surface area contributed by atoms with Crippen LogP contribution >= 0.6 is 0 Å². The molecule has 1 N–H and O–H groups in total. The summed E-state index contributed by atoms with van der Waals surface area (Å²) in [7, 11) is 0. The Labute approximate surface area is 189 Å². The summed E-state index contributed by atoms with van der Waals surface area (Å²) in [6, 6.07) is 7.68. The van der Waals surface area contributed by atoms with E-state index in [2.05, 4.69) is 31.0 Å². The molecule has 0 unspecified atom stereocenters. The molecule has 0 saturated carbocycles. The smallest absolute Gasteiger partial charge is 0.256 e. The molecule has 1 aromatic carbocycles. The van der Waals surface area contributed by atoms with Crippen LogP contribution in [0.5, 0.6) is 5.75 Å². The zero-order valence-corrected chi connectivity index (χ0v) is 20.3. The largest absolute Gasteiger partial charge is 0.494 e. The standard InChI is InChI=1S/C26H44N2O3/c1-5-7-8-16-26(4,31-20-6-2)25(29)27-23-10-12-24(13-11-23)30-21-9-17-28-18-14-22(3)15-19-28/h10-13,22H,5-9,14-21H2,1-4H3,(H,27,29)/t26-/m1/s1. The summed E-state index contributed by atoms with van der Waals surface area (Å²) in [5.41, 5.74) is -0.00586. The first kappa shape index (κ1) is 25.7. The van der Waals surface area contributed by atoms with Gasteiger partial charge >= 0.3 is 0 Å². The lowest BCUT2D eigenvalue weighted by Crippen LogP contribution is -2.43. The monoisotopic (exact) mass is 432 g/mol. The first-order valence-electron chi connectivity index (χ1n) is 12.4. The maximum absolute atomic E-state index is 12.9. The van der Waals surface area contributed by atoms with E-state index in [-0.39, 0.29) is 5.91 Å². The zero-order valence-electron chi connectivity index (χ0n) is 20.3. The summed E-state index contributed by atoms with van der Waals surface area (Å²) in [4.78, 5) is 15.5. The van der Waals surface area contributed by atoms with Crippen LogP contribution in [0.25, 0.3) is 0 Å². The fourth-order valence-corrected chi connectivity index (χ4v) is 3.95. The molecule has 1 amide bonds. The highest BCUT2D eigenvalue weighted by molar-refractivity contribution is 5.97. The van der Waals surface area contributed by atoms with Crippen LogP contribution in [0.2, 0.25) is 0 Å². The van der Waals surface area contributed by atoms with Gasteiger partial charge in [-0.15, -0.1) is 0 Å². The molecule has 1 aliphatic rings. The lowest BCUT2D eigenvalue weighted by atomic mass is 9.96. The first-order valence-corrected chi connectivity index (χ1v) is 12.4. The normalized spacial score (nSPS) is 17.3. The second-order valence-electron chi connectivity index (χ2n) is 9.24. The number of rotatable bonds is 14. The number of anilines is 1. The quantitative estimate of drug-likeness (QED) is 0.372. The van der Waals surface area contributed by atoms with Gasteiger partial charge < -0.3 is 19.7 Å². The van der Waals surface area contributed by atoms with Gasteiger partial charge in [0.05, 0.1) is 6.61 Å². The minimum atomic E-state index is -0.785. The van der Waals surface area contributed by atoms with E-state index < -0.39 is 5.60 Å². The third-order valence-corrected chi connectivity index (χ3v) is 6.24. The van der Waals surface area contributed by atoms with Gasteiger partial charge in [-0.05, 0) is 82.3 Å². The van der Waals surface area contributed by atoms with Crippen molar-refractivity contribution in [3.05, 3.63) is 24.3 Å². The van der Waals surface area contributed by atoms with Crippen molar-refractivity contribution in [1.29, 1.82) is 0 Å². The topological polar surface area (TPSA) is 50.8 Å². The lowest BCUT2D eigenvalue weighted by Gasteiger charge is -2.30. The third-order valence-electron chi connectivity index (χ3n) is 6.24. The average Bonchev–Trinajstić information content (AvgIpc) is 2.78. The fourth-order valence-electron chi connectivity index (χ4n) is 3.95. The van der Waals surface area contributed by atoms with Crippen LogP contribution in [0, 0.1) is 5.92 Å². The highest BCUT2D eigenvalue weighted by atomic mass is 16.5. The van der Waals surface area contributed by atoms with E-state index >= 15 is 0 Å². The van der Waals surface area contributed by atoms with Gasteiger partial charge in [-0.3, -0.25) is 4.79 Å². The number of piperidine rings is 1. The molecule has 1 heterocycles. The Morgan fingerprint density at radius 2 is 1.77 bits per heavy atom. The number of nitrogens with one attached hydrogen (secondary N) is 1. The van der Waals surface area contributed by atoms with Gasteiger partial charge in [0.25, 0.3) is 5.91 Å². The number of amides is 1. The van der Waals surface area contributed by atoms with Crippen LogP contribution in [0.3, 0.4) is 0 Å². The molecular formula is C26H44N2O3. The van der Waals surface area contributed by atoms with Crippen molar-refractivity contribution in [2.75, 3.05) is 38.2 Å². The Hall–Kier alpha value is -1.59. The summed E-state index contributed by atoms with van der Waals surface area (Å²) >= 11 is 0. The van der Waals surface area contributed by atoms with Crippen molar-refractivity contribution < 1.29 is 14.3 Å². The fraction of sp³-hybridized carbons (Fsp3) is 0.731. The van der Waals surface area contributed by atoms with E-state index in [1.165, 1.54) is 25.9 Å². The van der Waals surface area contributed by atoms with E-state index in [0.29, 0.717) is 6.61 Å². The molecule has 1 fully saturated rings. The number of carbonyl (C=O) groups is 1. The summed E-state index contributed by atoms with van der Waals surface area (Å²) in [5.74, 6) is 1.65. The van der Waals surface area contributed by atoms with Crippen molar-refractivity contribution in [1.82, 2.24) is 4.90 Å². The number of likely N-dealkylation sites (tertiary alicyclic amines) is 1. The first-order chi connectivity index (χ1) is 15.0. The van der Waals surface area contributed by atoms with Crippen LogP contribution in [0.4, 0.5) is 5.69 Å². The minimum Gasteiger partial charge on any atom is -0.494 e. The Morgan fingerprint density at radius 1 is 1.06 bits per heavy atom. The van der Waals surface area contributed by atoms with Gasteiger partial charge in [0.15, 0.2) is 0 Å². The molecule has 0 bridgehead atoms. The average molecular weight is 433 g/mol. The van der Waals surface area contributed by atoms with Gasteiger partial charge in [0, 0.05) is 18.8 Å². The van der Waals surface area contributed by atoms with E-state index in [1.807, 2.05) is 31.2 Å². The number of nitrogens with zero attached hydrogens (tertiary/aromatic N) is 1. The third kappa shape index (κ3) is 9.20. The highest BCUT2D eigenvalue weighted by Crippen LogP contribution is 2.24. The predicted octanol–water partition coefficient (Wildman–Crippen LogP) is 5.89. The molecule has 0 spiro atoms. The van der Waals surface area contributed by atoms with Crippen LogP contribution in [0.1, 0.15) is 79.1 Å². The Balaban J connectivity index is 1.77. The van der Waals surface area contributed by atoms with Gasteiger partial charge in [-0.1, -0.05) is 40.0 Å². The number of carbonyl (C=O) groups excluding carboxylic acids is 1. The van der Waals surface area contributed by atoms with Gasteiger partial charge in [0.2, 0.25) is 0 Å². The maximum atomic E-state index is 12.9.